The van der Waals surface area contributed by atoms with Gasteiger partial charge in [-0.25, -0.2) is 0 Å². The molecule has 1 aromatic heterocycles. The van der Waals surface area contributed by atoms with Gasteiger partial charge in [-0.3, -0.25) is 0 Å². The third kappa shape index (κ3) is 3.67. The standard InChI is InChI=1S/C23H20N2O3S/c1-15-10-12-18(13-11-15)29(26,27)25-23-21(17-7-5-6-16(2)14-17)22(24)19-8-3-4-9-20(19)28-23/h3-14H,24H2,1-2H3/b25-23-. The molecule has 29 heavy (non-hydrogen) atoms. The fourth-order valence-electron chi connectivity index (χ4n) is 3.20. The van der Waals surface area contributed by atoms with E-state index >= 15 is 0 Å². The number of aryl methyl sites for hydroxylation is 2. The van der Waals surface area contributed by atoms with Crippen LogP contribution < -0.4 is 11.3 Å². The Hall–Kier alpha value is -3.38. The second-order valence-electron chi connectivity index (χ2n) is 6.94. The average molecular weight is 404 g/mol. The smallest absolute Gasteiger partial charge is 0.285 e. The summed E-state index contributed by atoms with van der Waals surface area (Å²) in [6, 6.07) is 21.4. The number of anilines is 1. The van der Waals surface area contributed by atoms with E-state index in [0.29, 0.717) is 22.2 Å². The molecule has 4 rings (SSSR count). The van der Waals surface area contributed by atoms with E-state index in [4.69, 9.17) is 10.2 Å². The van der Waals surface area contributed by atoms with Crippen LogP contribution >= 0.6 is 0 Å². The highest BCUT2D eigenvalue weighted by atomic mass is 32.2. The molecule has 2 N–H and O–H groups in total. The Morgan fingerprint density at radius 1 is 0.862 bits per heavy atom. The highest BCUT2D eigenvalue weighted by Gasteiger charge is 2.18. The Morgan fingerprint density at radius 3 is 2.31 bits per heavy atom. The summed E-state index contributed by atoms with van der Waals surface area (Å²) in [5, 5.41) is 0.704. The first kappa shape index (κ1) is 19.0. The second kappa shape index (κ2) is 7.22. The highest BCUT2D eigenvalue weighted by molar-refractivity contribution is 7.90. The second-order valence-corrected chi connectivity index (χ2v) is 8.55. The first-order chi connectivity index (χ1) is 13.8. The molecule has 146 valence electrons. The van der Waals surface area contributed by atoms with Crippen LogP contribution in [0.3, 0.4) is 0 Å². The zero-order valence-electron chi connectivity index (χ0n) is 16.1. The van der Waals surface area contributed by atoms with Crippen molar-refractivity contribution in [2.75, 3.05) is 5.73 Å². The maximum Gasteiger partial charge on any atom is 0.285 e. The predicted molar refractivity (Wildman–Crippen MR) is 115 cm³/mol. The van der Waals surface area contributed by atoms with Crippen molar-refractivity contribution in [3.05, 3.63) is 89.5 Å². The molecular formula is C23H20N2O3S. The van der Waals surface area contributed by atoms with Crippen LogP contribution in [-0.4, -0.2) is 8.42 Å². The van der Waals surface area contributed by atoms with E-state index < -0.39 is 10.0 Å². The number of para-hydroxylation sites is 1. The van der Waals surface area contributed by atoms with Gasteiger partial charge in [0.25, 0.3) is 10.0 Å². The Kier molecular flexibility index (Phi) is 4.72. The molecule has 0 spiro atoms. The zero-order valence-corrected chi connectivity index (χ0v) is 16.9. The number of benzene rings is 3. The van der Waals surface area contributed by atoms with Crippen molar-refractivity contribution in [2.24, 2.45) is 4.40 Å². The van der Waals surface area contributed by atoms with Gasteiger partial charge >= 0.3 is 0 Å². The number of fused-ring (bicyclic) bond motifs is 1. The average Bonchev–Trinajstić information content (AvgIpc) is 2.68. The van der Waals surface area contributed by atoms with Crippen LogP contribution in [0.1, 0.15) is 11.1 Å². The van der Waals surface area contributed by atoms with Gasteiger partial charge in [0.15, 0.2) is 0 Å². The maximum atomic E-state index is 12.9. The molecule has 0 aliphatic rings. The van der Waals surface area contributed by atoms with Gasteiger partial charge in [-0.15, -0.1) is 4.40 Å². The van der Waals surface area contributed by atoms with Gasteiger partial charge in [0.2, 0.25) is 5.55 Å². The molecule has 0 atom stereocenters. The Balaban J connectivity index is 2.06. The SMILES string of the molecule is Cc1ccc(S(=O)(=O)/N=c2\oc3ccccc3c(N)c2-c2cccc(C)c2)cc1. The molecule has 6 heteroatoms. The summed E-state index contributed by atoms with van der Waals surface area (Å²) >= 11 is 0. The monoisotopic (exact) mass is 404 g/mol. The van der Waals surface area contributed by atoms with E-state index in [9.17, 15) is 8.42 Å². The summed E-state index contributed by atoms with van der Waals surface area (Å²) in [5.74, 6) is 0. The molecule has 0 unspecified atom stereocenters. The molecule has 0 radical (unpaired) electrons. The van der Waals surface area contributed by atoms with Crippen LogP contribution in [0, 0.1) is 13.8 Å². The van der Waals surface area contributed by atoms with Gasteiger partial charge in [0, 0.05) is 5.39 Å². The van der Waals surface area contributed by atoms with Gasteiger partial charge in [0.1, 0.15) is 5.58 Å². The molecule has 3 aromatic carbocycles. The molecule has 1 heterocycles. The molecule has 0 saturated carbocycles. The first-order valence-electron chi connectivity index (χ1n) is 9.11. The van der Waals surface area contributed by atoms with Crippen LogP contribution in [0.5, 0.6) is 0 Å². The molecule has 5 nitrogen and oxygen atoms in total. The van der Waals surface area contributed by atoms with E-state index in [2.05, 4.69) is 4.40 Å². The van der Waals surface area contributed by atoms with Gasteiger partial charge in [-0.2, -0.15) is 8.42 Å². The van der Waals surface area contributed by atoms with Crippen LogP contribution in [0.25, 0.3) is 22.1 Å². The predicted octanol–water partition coefficient (Wildman–Crippen LogP) is 4.59. The molecule has 0 amide bonds. The number of rotatable bonds is 3. The lowest BCUT2D eigenvalue weighted by Gasteiger charge is -2.10. The van der Waals surface area contributed by atoms with Crippen molar-refractivity contribution in [3.8, 4) is 11.1 Å². The van der Waals surface area contributed by atoms with Crippen molar-refractivity contribution in [1.82, 2.24) is 0 Å². The van der Waals surface area contributed by atoms with E-state index in [0.717, 1.165) is 16.7 Å². The first-order valence-corrected chi connectivity index (χ1v) is 10.6. The lowest BCUT2D eigenvalue weighted by atomic mass is 10.0. The van der Waals surface area contributed by atoms with E-state index in [1.807, 2.05) is 50.2 Å². The zero-order chi connectivity index (χ0) is 20.6. The number of hydrogen-bond donors (Lipinski definition) is 1. The molecule has 0 fully saturated rings. The van der Waals surface area contributed by atoms with Gasteiger partial charge in [-0.1, -0.05) is 59.7 Å². The molecular weight excluding hydrogens is 384 g/mol. The number of nitrogen functional groups attached to an aromatic ring is 1. The van der Waals surface area contributed by atoms with Crippen molar-refractivity contribution >= 4 is 26.7 Å². The summed E-state index contributed by atoms with van der Waals surface area (Å²) < 4.78 is 35.8. The Labute approximate surface area is 169 Å². The normalized spacial score (nSPS) is 12.4. The van der Waals surface area contributed by atoms with Gasteiger partial charge in [-0.05, 0) is 43.7 Å². The van der Waals surface area contributed by atoms with Gasteiger partial charge < -0.3 is 10.2 Å². The molecule has 0 aliphatic carbocycles. The van der Waals surface area contributed by atoms with E-state index in [-0.39, 0.29) is 10.4 Å². The van der Waals surface area contributed by atoms with Crippen LogP contribution in [0.15, 0.2) is 86.5 Å². The van der Waals surface area contributed by atoms with Crippen LogP contribution in [0.2, 0.25) is 0 Å². The summed E-state index contributed by atoms with van der Waals surface area (Å²) in [4.78, 5) is 0.0974. The fourth-order valence-corrected chi connectivity index (χ4v) is 4.13. The maximum absolute atomic E-state index is 12.9. The Bertz CT molecular complexity index is 1390. The third-order valence-electron chi connectivity index (χ3n) is 4.70. The topological polar surface area (TPSA) is 85.7 Å². The summed E-state index contributed by atoms with van der Waals surface area (Å²) in [5.41, 5.74) is 10.5. The molecule has 4 aromatic rings. The lowest BCUT2D eigenvalue weighted by Crippen LogP contribution is -2.13. The molecule has 0 saturated heterocycles. The van der Waals surface area contributed by atoms with Crippen LogP contribution in [-0.2, 0) is 10.0 Å². The number of nitrogens with two attached hydrogens (primary N) is 1. The van der Waals surface area contributed by atoms with E-state index in [1.165, 1.54) is 12.1 Å². The van der Waals surface area contributed by atoms with Crippen molar-refractivity contribution < 1.29 is 12.8 Å². The summed E-state index contributed by atoms with van der Waals surface area (Å²) in [6.07, 6.45) is 0. The minimum Gasteiger partial charge on any atom is -0.437 e. The van der Waals surface area contributed by atoms with Crippen molar-refractivity contribution in [1.29, 1.82) is 0 Å². The molecule has 0 aliphatic heterocycles. The number of sulfonamides is 1. The minimum atomic E-state index is -3.98. The number of nitrogens with zero attached hydrogens (tertiary/aromatic N) is 1. The minimum absolute atomic E-state index is 0.0348. The third-order valence-corrected chi connectivity index (χ3v) is 5.97. The quantitative estimate of drug-likeness (QED) is 0.541. The highest BCUT2D eigenvalue weighted by Crippen LogP contribution is 2.30. The van der Waals surface area contributed by atoms with Gasteiger partial charge in [0.05, 0.1) is 16.1 Å². The summed E-state index contributed by atoms with van der Waals surface area (Å²) in [6.45, 7) is 3.85. The lowest BCUT2D eigenvalue weighted by molar-refractivity contribution is 0.543. The Morgan fingerprint density at radius 2 is 1.59 bits per heavy atom. The summed E-state index contributed by atoms with van der Waals surface area (Å²) in [7, 11) is -3.98. The van der Waals surface area contributed by atoms with Crippen LogP contribution in [0.4, 0.5) is 5.69 Å². The van der Waals surface area contributed by atoms with Crippen molar-refractivity contribution in [2.45, 2.75) is 18.7 Å². The fraction of sp³-hybridized carbons (Fsp3) is 0.0870. The van der Waals surface area contributed by atoms with Crippen molar-refractivity contribution in [3.63, 3.8) is 0 Å². The molecule has 0 bridgehead atoms. The van der Waals surface area contributed by atoms with E-state index in [1.54, 1.807) is 24.3 Å². The largest absolute Gasteiger partial charge is 0.437 e. The number of hydrogen-bond acceptors (Lipinski definition) is 4.